The molecule has 6 heteroatoms. The average Bonchev–Trinajstić information content (AvgIpc) is 3.40. The Morgan fingerprint density at radius 3 is 2.50 bits per heavy atom. The van der Waals surface area contributed by atoms with Gasteiger partial charge in [-0.05, 0) is 104 Å². The molecule has 12 atom stereocenters. The van der Waals surface area contributed by atoms with Gasteiger partial charge in [-0.1, -0.05) is 27.7 Å². The van der Waals surface area contributed by atoms with Gasteiger partial charge in [-0.25, -0.2) is 0 Å². The molecule has 0 aromatic carbocycles. The molecular weight excluding hydrogens is 500 g/mol. The molecule has 3 heterocycles. The third-order valence-electron chi connectivity index (χ3n) is 14.1. The molecule has 7 fully saturated rings. The molecular formula is C34H56N2O4. The molecule has 7 aliphatic rings. The molecule has 1 amide bonds. The van der Waals surface area contributed by atoms with Crippen molar-refractivity contribution >= 4 is 5.91 Å². The van der Waals surface area contributed by atoms with Gasteiger partial charge < -0.3 is 19.5 Å². The van der Waals surface area contributed by atoms with E-state index in [1.807, 2.05) is 0 Å². The summed E-state index contributed by atoms with van der Waals surface area (Å²) >= 11 is 0. The van der Waals surface area contributed by atoms with Gasteiger partial charge in [-0.3, -0.25) is 9.69 Å². The molecule has 1 spiro atoms. The van der Waals surface area contributed by atoms with Crippen molar-refractivity contribution in [3.8, 4) is 0 Å². The lowest BCUT2D eigenvalue weighted by Gasteiger charge is -2.61. The first-order valence-electron chi connectivity index (χ1n) is 17.1. The zero-order valence-electron chi connectivity index (χ0n) is 25.8. The van der Waals surface area contributed by atoms with Crippen molar-refractivity contribution in [1.82, 2.24) is 10.2 Å². The van der Waals surface area contributed by atoms with Crippen LogP contribution in [0.2, 0.25) is 0 Å². The second-order valence-electron chi connectivity index (χ2n) is 15.9. The van der Waals surface area contributed by atoms with E-state index in [4.69, 9.17) is 14.2 Å². The molecule has 3 saturated heterocycles. The Kier molecular flexibility index (Phi) is 7.37. The molecule has 0 bridgehead atoms. The summed E-state index contributed by atoms with van der Waals surface area (Å²) < 4.78 is 19.0. The van der Waals surface area contributed by atoms with Gasteiger partial charge in [-0.15, -0.1) is 0 Å². The van der Waals surface area contributed by atoms with Gasteiger partial charge >= 0.3 is 0 Å². The summed E-state index contributed by atoms with van der Waals surface area (Å²) in [4.78, 5) is 15.2. The van der Waals surface area contributed by atoms with Gasteiger partial charge in [0.05, 0.1) is 25.9 Å². The summed E-state index contributed by atoms with van der Waals surface area (Å²) in [5.74, 6) is 5.03. The first-order chi connectivity index (χ1) is 19.2. The summed E-state index contributed by atoms with van der Waals surface area (Å²) in [5.41, 5.74) is 0.837. The van der Waals surface area contributed by atoms with Crippen LogP contribution in [-0.4, -0.2) is 68.2 Å². The van der Waals surface area contributed by atoms with Crippen LogP contribution < -0.4 is 5.32 Å². The fourth-order valence-corrected chi connectivity index (χ4v) is 11.8. The lowest BCUT2D eigenvalue weighted by Crippen LogP contribution is -2.56. The van der Waals surface area contributed by atoms with Crippen molar-refractivity contribution in [2.24, 2.45) is 52.3 Å². The largest absolute Gasteiger partial charge is 0.379 e. The van der Waals surface area contributed by atoms with Gasteiger partial charge in [0.25, 0.3) is 0 Å². The van der Waals surface area contributed by atoms with Crippen LogP contribution >= 0.6 is 0 Å². The molecule has 226 valence electrons. The van der Waals surface area contributed by atoms with Crippen LogP contribution in [0.1, 0.15) is 98.3 Å². The van der Waals surface area contributed by atoms with E-state index in [2.05, 4.69) is 37.9 Å². The SMILES string of the molecule is C[C@@H]1CC[C@@]2(OC1)O[C@H]1C[C@H]3[C@@H]4CC[C@H]5CC(NC(=O)CCN6CCOCC6)CC[C@]5(C)[C@H]4CC[C@]3(C)[C@H]1[C@@H]2C. The molecule has 4 aliphatic carbocycles. The smallest absolute Gasteiger partial charge is 0.221 e. The molecule has 0 aromatic rings. The molecule has 1 unspecified atom stereocenters. The number of ether oxygens (including phenoxy) is 3. The van der Waals surface area contributed by atoms with E-state index in [0.717, 1.165) is 76.0 Å². The van der Waals surface area contributed by atoms with Gasteiger partial charge in [-0.2, -0.15) is 0 Å². The highest BCUT2D eigenvalue weighted by Crippen LogP contribution is 2.71. The fourth-order valence-electron chi connectivity index (χ4n) is 11.8. The monoisotopic (exact) mass is 556 g/mol. The number of nitrogens with zero attached hydrogens (tertiary/aromatic N) is 1. The minimum absolute atomic E-state index is 0.253. The highest BCUT2D eigenvalue weighted by Gasteiger charge is 2.69. The van der Waals surface area contributed by atoms with E-state index in [1.165, 1.54) is 51.4 Å². The van der Waals surface area contributed by atoms with E-state index in [9.17, 15) is 4.79 Å². The van der Waals surface area contributed by atoms with Crippen molar-refractivity contribution < 1.29 is 19.0 Å². The Balaban J connectivity index is 0.979. The fraction of sp³-hybridized carbons (Fsp3) is 0.971. The lowest BCUT2D eigenvalue weighted by molar-refractivity contribution is -0.273. The number of hydrogen-bond acceptors (Lipinski definition) is 5. The molecule has 7 rings (SSSR count). The second-order valence-corrected chi connectivity index (χ2v) is 15.9. The topological polar surface area (TPSA) is 60.0 Å². The standard InChI is InChI=1S/C34H56N2O4/c1-22-7-13-34(39-21-22)23(2)31-29(40-34)20-28-26-6-5-24-19-25(35-30(37)10-14-36-15-17-38-18-16-36)8-11-32(24,3)27(26)9-12-33(28,31)4/h22-29,31H,5-21H2,1-4H3,(H,35,37)/t22-,23+,24+,25?,26-,27+,28+,29+,31+,32+,33+,34-/m1/s1. The van der Waals surface area contributed by atoms with Gasteiger partial charge in [0.15, 0.2) is 5.79 Å². The summed E-state index contributed by atoms with van der Waals surface area (Å²) in [5, 5.41) is 3.46. The zero-order chi connectivity index (χ0) is 27.7. The van der Waals surface area contributed by atoms with Crippen molar-refractivity contribution in [1.29, 1.82) is 0 Å². The number of hydrogen-bond donors (Lipinski definition) is 1. The maximum Gasteiger partial charge on any atom is 0.221 e. The number of carbonyl (C=O) groups excluding carboxylic acids is 1. The predicted molar refractivity (Wildman–Crippen MR) is 156 cm³/mol. The van der Waals surface area contributed by atoms with Crippen molar-refractivity contribution in [2.45, 2.75) is 116 Å². The van der Waals surface area contributed by atoms with Crippen LogP contribution in [0.15, 0.2) is 0 Å². The Hall–Kier alpha value is -0.690. The number of rotatable bonds is 4. The summed E-state index contributed by atoms with van der Waals surface area (Å²) in [6, 6.07) is 0.371. The Morgan fingerprint density at radius 2 is 1.73 bits per heavy atom. The normalized spacial score (nSPS) is 52.5. The van der Waals surface area contributed by atoms with Crippen LogP contribution in [0.3, 0.4) is 0 Å². The van der Waals surface area contributed by atoms with E-state index >= 15 is 0 Å². The minimum Gasteiger partial charge on any atom is -0.379 e. The summed E-state index contributed by atoms with van der Waals surface area (Å²) in [7, 11) is 0. The number of nitrogens with one attached hydrogen (secondary N) is 1. The van der Waals surface area contributed by atoms with Crippen molar-refractivity contribution in [3.05, 3.63) is 0 Å². The number of carbonyl (C=O) groups is 1. The summed E-state index contributed by atoms with van der Waals surface area (Å²) in [6.07, 6.45) is 13.7. The Bertz CT molecular complexity index is 944. The molecule has 3 aliphatic heterocycles. The molecule has 4 saturated carbocycles. The van der Waals surface area contributed by atoms with Crippen molar-refractivity contribution in [3.63, 3.8) is 0 Å². The van der Waals surface area contributed by atoms with E-state index in [-0.39, 0.29) is 11.7 Å². The molecule has 6 nitrogen and oxygen atoms in total. The predicted octanol–water partition coefficient (Wildman–Crippen LogP) is 5.64. The molecule has 0 radical (unpaired) electrons. The summed E-state index contributed by atoms with van der Waals surface area (Å²) in [6.45, 7) is 15.3. The minimum atomic E-state index is -0.304. The third-order valence-corrected chi connectivity index (χ3v) is 14.1. The van der Waals surface area contributed by atoms with Gasteiger partial charge in [0.1, 0.15) is 0 Å². The van der Waals surface area contributed by atoms with E-state index in [0.29, 0.717) is 47.2 Å². The molecule has 0 aromatic heterocycles. The Labute approximate surface area is 243 Å². The van der Waals surface area contributed by atoms with Crippen LogP contribution in [0.4, 0.5) is 0 Å². The van der Waals surface area contributed by atoms with Crippen LogP contribution in [0.25, 0.3) is 0 Å². The molecule has 1 N–H and O–H groups in total. The number of amides is 1. The highest BCUT2D eigenvalue weighted by atomic mass is 16.7. The third kappa shape index (κ3) is 4.52. The van der Waals surface area contributed by atoms with Crippen LogP contribution in [0, 0.1) is 52.3 Å². The maximum atomic E-state index is 12.8. The van der Waals surface area contributed by atoms with Gasteiger partial charge in [0, 0.05) is 44.4 Å². The van der Waals surface area contributed by atoms with Crippen LogP contribution in [-0.2, 0) is 19.0 Å². The highest BCUT2D eigenvalue weighted by molar-refractivity contribution is 5.76. The number of fused-ring (bicyclic) bond motifs is 7. The lowest BCUT2D eigenvalue weighted by atomic mass is 9.44. The van der Waals surface area contributed by atoms with E-state index in [1.54, 1.807) is 0 Å². The first kappa shape index (κ1) is 28.1. The molecule has 40 heavy (non-hydrogen) atoms. The number of morpholine rings is 1. The average molecular weight is 557 g/mol. The zero-order valence-corrected chi connectivity index (χ0v) is 25.8. The van der Waals surface area contributed by atoms with E-state index < -0.39 is 0 Å². The van der Waals surface area contributed by atoms with Crippen molar-refractivity contribution in [2.75, 3.05) is 39.5 Å². The second kappa shape index (κ2) is 10.5. The Morgan fingerprint density at radius 1 is 0.925 bits per heavy atom. The van der Waals surface area contributed by atoms with Crippen LogP contribution in [0.5, 0.6) is 0 Å². The quantitative estimate of drug-likeness (QED) is 0.486. The maximum absolute atomic E-state index is 12.8. The first-order valence-corrected chi connectivity index (χ1v) is 17.1. The van der Waals surface area contributed by atoms with Gasteiger partial charge in [0.2, 0.25) is 5.91 Å².